The monoisotopic (exact) mass is 382 g/mol. The van der Waals surface area contributed by atoms with Gasteiger partial charge in [0, 0.05) is 25.7 Å². The van der Waals surface area contributed by atoms with Gasteiger partial charge < -0.3 is 11.1 Å². The molecule has 2 rings (SSSR count). The summed E-state index contributed by atoms with van der Waals surface area (Å²) in [6.07, 6.45) is 6.36. The van der Waals surface area contributed by atoms with E-state index in [9.17, 15) is 9.59 Å². The molecule has 1 aromatic rings. The van der Waals surface area contributed by atoms with Crippen LogP contribution in [0.1, 0.15) is 37.7 Å². The zero-order valence-corrected chi connectivity index (χ0v) is 16.1. The second-order valence-electron chi connectivity index (χ2n) is 6.66. The van der Waals surface area contributed by atoms with Crippen LogP contribution in [0.4, 0.5) is 4.79 Å². The van der Waals surface area contributed by atoms with Gasteiger partial charge in [-0.3, -0.25) is 15.0 Å². The zero-order chi connectivity index (χ0) is 17.9. The Morgan fingerprint density at radius 2 is 1.77 bits per heavy atom. The van der Waals surface area contributed by atoms with Crippen LogP contribution in [0, 0.1) is 0 Å². The molecular formula is C19H31ClN4O2. The van der Waals surface area contributed by atoms with E-state index < -0.39 is 0 Å². The maximum Gasteiger partial charge on any atom is 0.321 e. The molecule has 26 heavy (non-hydrogen) atoms. The topological polar surface area (TPSA) is 87.5 Å². The highest BCUT2D eigenvalue weighted by Crippen LogP contribution is 2.17. The molecule has 1 saturated carbocycles. The average Bonchev–Trinajstić information content (AvgIpc) is 2.61. The van der Waals surface area contributed by atoms with Crippen LogP contribution in [0.3, 0.4) is 0 Å². The molecule has 0 unspecified atom stereocenters. The van der Waals surface area contributed by atoms with Crippen LogP contribution < -0.4 is 16.4 Å². The number of benzene rings is 1. The molecule has 0 spiro atoms. The van der Waals surface area contributed by atoms with Gasteiger partial charge in [-0.1, -0.05) is 49.6 Å². The number of halogens is 1. The minimum absolute atomic E-state index is 0. The van der Waals surface area contributed by atoms with Gasteiger partial charge in [-0.05, 0) is 24.8 Å². The van der Waals surface area contributed by atoms with Gasteiger partial charge in [0.15, 0.2) is 0 Å². The second-order valence-corrected chi connectivity index (χ2v) is 6.66. The Hall–Kier alpha value is -1.63. The van der Waals surface area contributed by atoms with E-state index in [2.05, 4.69) is 22.8 Å². The van der Waals surface area contributed by atoms with Crippen molar-refractivity contribution in [3.8, 4) is 0 Å². The predicted molar refractivity (Wildman–Crippen MR) is 106 cm³/mol. The molecule has 0 heterocycles. The highest BCUT2D eigenvalue weighted by molar-refractivity contribution is 5.95. The number of urea groups is 1. The first-order valence-corrected chi connectivity index (χ1v) is 9.24. The third-order valence-corrected chi connectivity index (χ3v) is 4.57. The minimum Gasteiger partial charge on any atom is -0.335 e. The molecule has 0 aliphatic heterocycles. The zero-order valence-electron chi connectivity index (χ0n) is 15.3. The summed E-state index contributed by atoms with van der Waals surface area (Å²) in [4.78, 5) is 26.1. The van der Waals surface area contributed by atoms with Crippen LogP contribution in [-0.4, -0.2) is 49.1 Å². The molecule has 0 bridgehead atoms. The van der Waals surface area contributed by atoms with E-state index in [-0.39, 0.29) is 36.9 Å². The van der Waals surface area contributed by atoms with Gasteiger partial charge in [0.2, 0.25) is 5.91 Å². The number of carbonyl (C=O) groups excluding carboxylic acids is 2. The van der Waals surface area contributed by atoms with Gasteiger partial charge in [0.25, 0.3) is 0 Å². The van der Waals surface area contributed by atoms with Crippen molar-refractivity contribution in [2.45, 2.75) is 44.6 Å². The lowest BCUT2D eigenvalue weighted by Gasteiger charge is -2.24. The molecule has 7 heteroatoms. The van der Waals surface area contributed by atoms with E-state index in [0.29, 0.717) is 13.1 Å². The van der Waals surface area contributed by atoms with Gasteiger partial charge in [-0.15, -0.1) is 12.4 Å². The Morgan fingerprint density at radius 3 is 2.42 bits per heavy atom. The number of nitrogens with two attached hydrogens (primary N) is 1. The summed E-state index contributed by atoms with van der Waals surface area (Å²) in [7, 11) is 0. The van der Waals surface area contributed by atoms with E-state index in [1.807, 2.05) is 23.1 Å². The third kappa shape index (κ3) is 8.65. The molecule has 0 saturated heterocycles. The van der Waals surface area contributed by atoms with Crippen molar-refractivity contribution in [1.29, 1.82) is 0 Å². The first-order valence-electron chi connectivity index (χ1n) is 9.24. The van der Waals surface area contributed by atoms with Crippen LogP contribution in [0.25, 0.3) is 0 Å². The molecule has 0 atom stereocenters. The van der Waals surface area contributed by atoms with Crippen molar-refractivity contribution in [2.75, 3.05) is 26.2 Å². The summed E-state index contributed by atoms with van der Waals surface area (Å²) < 4.78 is 0. The largest absolute Gasteiger partial charge is 0.335 e. The molecule has 1 aliphatic rings. The quantitative estimate of drug-likeness (QED) is 0.642. The molecule has 0 aromatic heterocycles. The summed E-state index contributed by atoms with van der Waals surface area (Å²) >= 11 is 0. The van der Waals surface area contributed by atoms with Gasteiger partial charge >= 0.3 is 6.03 Å². The summed E-state index contributed by atoms with van der Waals surface area (Å²) in [6, 6.07) is 9.94. The van der Waals surface area contributed by atoms with Crippen molar-refractivity contribution in [1.82, 2.24) is 15.5 Å². The standard InChI is InChI=1S/C19H30N4O2.ClH/c20-12-14-23(13-11-16-7-3-1-4-8-16)15-18(24)22-19(25)21-17-9-5-2-6-10-17;/h1,3-4,7-8,17H,2,5-6,9-15,20H2,(H2,21,22,24,25);1H. The SMILES string of the molecule is Cl.NCCN(CCc1ccccc1)CC(=O)NC(=O)NC1CCCCC1. The number of carbonyl (C=O) groups is 2. The van der Waals surface area contributed by atoms with E-state index >= 15 is 0 Å². The third-order valence-electron chi connectivity index (χ3n) is 4.57. The molecule has 3 amide bonds. The minimum atomic E-state index is -0.382. The lowest BCUT2D eigenvalue weighted by Crippen LogP contribution is -2.48. The van der Waals surface area contributed by atoms with E-state index in [0.717, 1.165) is 38.6 Å². The van der Waals surface area contributed by atoms with Crippen molar-refractivity contribution < 1.29 is 9.59 Å². The van der Waals surface area contributed by atoms with Crippen LogP contribution in [0.2, 0.25) is 0 Å². The molecule has 1 fully saturated rings. The highest BCUT2D eigenvalue weighted by atomic mass is 35.5. The lowest BCUT2D eigenvalue weighted by molar-refractivity contribution is -0.121. The van der Waals surface area contributed by atoms with Gasteiger partial charge in [-0.25, -0.2) is 4.79 Å². The molecule has 6 nitrogen and oxygen atoms in total. The smallest absolute Gasteiger partial charge is 0.321 e. The van der Waals surface area contributed by atoms with Crippen LogP contribution in [-0.2, 0) is 11.2 Å². The Morgan fingerprint density at radius 1 is 1.08 bits per heavy atom. The van der Waals surface area contributed by atoms with Gasteiger partial charge in [-0.2, -0.15) is 0 Å². The number of imide groups is 1. The van der Waals surface area contributed by atoms with E-state index in [4.69, 9.17) is 5.73 Å². The van der Waals surface area contributed by atoms with Crippen LogP contribution >= 0.6 is 12.4 Å². The number of nitrogens with one attached hydrogen (secondary N) is 2. The fraction of sp³-hybridized carbons (Fsp3) is 0.579. The van der Waals surface area contributed by atoms with Crippen molar-refractivity contribution in [2.24, 2.45) is 5.73 Å². The molecular weight excluding hydrogens is 352 g/mol. The van der Waals surface area contributed by atoms with Crippen molar-refractivity contribution >= 4 is 24.3 Å². The fourth-order valence-electron chi connectivity index (χ4n) is 3.22. The number of nitrogens with zero attached hydrogens (tertiary/aromatic N) is 1. The summed E-state index contributed by atoms with van der Waals surface area (Å²) in [5.74, 6) is -0.283. The van der Waals surface area contributed by atoms with Crippen LogP contribution in [0.5, 0.6) is 0 Å². The maximum atomic E-state index is 12.1. The Kier molecular flexibility index (Phi) is 10.9. The maximum absolute atomic E-state index is 12.1. The van der Waals surface area contributed by atoms with Crippen LogP contribution in [0.15, 0.2) is 30.3 Å². The summed E-state index contributed by atoms with van der Waals surface area (Å²) in [5.41, 5.74) is 6.87. The number of rotatable bonds is 8. The molecule has 146 valence electrons. The number of hydrogen-bond acceptors (Lipinski definition) is 4. The average molecular weight is 383 g/mol. The summed E-state index contributed by atoms with van der Waals surface area (Å²) in [5, 5.41) is 5.34. The second kappa shape index (κ2) is 12.7. The summed E-state index contributed by atoms with van der Waals surface area (Å²) in [6.45, 7) is 2.03. The molecule has 1 aromatic carbocycles. The number of amides is 3. The van der Waals surface area contributed by atoms with E-state index in [1.165, 1.54) is 12.0 Å². The number of hydrogen-bond donors (Lipinski definition) is 3. The fourth-order valence-corrected chi connectivity index (χ4v) is 3.22. The van der Waals surface area contributed by atoms with Gasteiger partial charge in [0.05, 0.1) is 6.54 Å². The molecule has 4 N–H and O–H groups in total. The predicted octanol–water partition coefficient (Wildman–Crippen LogP) is 2.07. The van der Waals surface area contributed by atoms with Crippen molar-refractivity contribution in [3.05, 3.63) is 35.9 Å². The first-order chi connectivity index (χ1) is 12.2. The Bertz CT molecular complexity index is 536. The normalized spacial score (nSPS) is 14.5. The Balaban J connectivity index is 0.00000338. The molecule has 1 aliphatic carbocycles. The van der Waals surface area contributed by atoms with Gasteiger partial charge in [0.1, 0.15) is 0 Å². The first kappa shape index (κ1) is 22.4. The molecule has 0 radical (unpaired) electrons. The van der Waals surface area contributed by atoms with E-state index in [1.54, 1.807) is 0 Å². The van der Waals surface area contributed by atoms with Crippen molar-refractivity contribution in [3.63, 3.8) is 0 Å². The highest BCUT2D eigenvalue weighted by Gasteiger charge is 2.18. The Labute approximate surface area is 162 Å². The lowest BCUT2D eigenvalue weighted by atomic mass is 9.96.